The molecule has 0 spiro atoms. The Labute approximate surface area is 161 Å². The minimum atomic E-state index is -0.707. The van der Waals surface area contributed by atoms with Gasteiger partial charge >= 0.3 is 5.97 Å². The Morgan fingerprint density at radius 3 is 2.61 bits per heavy atom. The van der Waals surface area contributed by atoms with E-state index < -0.39 is 29.8 Å². The van der Waals surface area contributed by atoms with Gasteiger partial charge in [-0.05, 0) is 24.3 Å². The largest absolute Gasteiger partial charge is 0.460 e. The number of esters is 1. The Balaban J connectivity index is 1.84. The Bertz CT molecular complexity index is 904. The lowest BCUT2D eigenvalue weighted by molar-refractivity contribution is -0.149. The van der Waals surface area contributed by atoms with Crippen molar-refractivity contribution >= 4 is 23.5 Å². The van der Waals surface area contributed by atoms with Gasteiger partial charge in [0.25, 0.3) is 5.91 Å². The number of benzene rings is 1. The number of aromatic nitrogens is 1. The van der Waals surface area contributed by atoms with Gasteiger partial charge in [-0.1, -0.05) is 12.1 Å². The van der Waals surface area contributed by atoms with Gasteiger partial charge in [0, 0.05) is 44.3 Å². The quantitative estimate of drug-likeness (QED) is 0.818. The highest BCUT2D eigenvalue weighted by Gasteiger charge is 2.40. The van der Waals surface area contributed by atoms with Crippen LogP contribution < -0.4 is 5.32 Å². The summed E-state index contributed by atoms with van der Waals surface area (Å²) in [7, 11) is 0. The molecule has 28 heavy (non-hydrogen) atoms. The molecule has 2 unspecified atom stereocenters. The summed E-state index contributed by atoms with van der Waals surface area (Å²) in [5.41, 5.74) is 0.698. The summed E-state index contributed by atoms with van der Waals surface area (Å²) in [6, 6.07) is 8.42. The fourth-order valence-corrected chi connectivity index (χ4v) is 3.36. The third kappa shape index (κ3) is 4.16. The van der Waals surface area contributed by atoms with E-state index in [2.05, 4.69) is 10.3 Å². The van der Waals surface area contributed by atoms with Crippen molar-refractivity contribution in [3.63, 3.8) is 0 Å². The highest BCUT2D eigenvalue weighted by molar-refractivity contribution is 6.02. The number of nitrogens with zero attached hydrogens (tertiary/aromatic N) is 2. The molecule has 1 aliphatic rings. The summed E-state index contributed by atoms with van der Waals surface area (Å²) in [6.07, 6.45) is 1.30. The number of pyridine rings is 1. The van der Waals surface area contributed by atoms with Crippen molar-refractivity contribution in [2.24, 2.45) is 0 Å². The number of halogens is 1. The minimum absolute atomic E-state index is 0.209. The van der Waals surface area contributed by atoms with E-state index in [4.69, 9.17) is 4.74 Å². The number of carbonyl (C=O) groups is 3. The molecule has 2 heterocycles. The molecule has 1 N–H and O–H groups in total. The Kier molecular flexibility index (Phi) is 5.67. The van der Waals surface area contributed by atoms with E-state index in [0.717, 1.165) is 0 Å². The van der Waals surface area contributed by atoms with E-state index in [1.807, 2.05) is 0 Å². The molecular weight excluding hydrogens is 365 g/mol. The summed E-state index contributed by atoms with van der Waals surface area (Å²) in [5, 5.41) is 2.59. The van der Waals surface area contributed by atoms with Crippen LogP contribution in [0.3, 0.4) is 0 Å². The zero-order valence-electron chi connectivity index (χ0n) is 15.5. The monoisotopic (exact) mass is 385 g/mol. The van der Waals surface area contributed by atoms with Crippen LogP contribution in [0.2, 0.25) is 0 Å². The molecule has 1 aliphatic heterocycles. The Morgan fingerprint density at radius 2 is 2.00 bits per heavy atom. The molecule has 1 aromatic carbocycles. The van der Waals surface area contributed by atoms with E-state index in [1.54, 1.807) is 24.3 Å². The molecule has 0 saturated carbocycles. The maximum atomic E-state index is 14.9. The summed E-state index contributed by atoms with van der Waals surface area (Å²) in [6.45, 7) is 3.04. The second-order valence-electron chi connectivity index (χ2n) is 6.50. The van der Waals surface area contributed by atoms with Gasteiger partial charge in [0.2, 0.25) is 5.91 Å². The zero-order valence-corrected chi connectivity index (χ0v) is 15.5. The number of ether oxygens (including phenoxy) is 1. The van der Waals surface area contributed by atoms with E-state index in [9.17, 15) is 18.8 Å². The second-order valence-corrected chi connectivity index (χ2v) is 6.50. The first-order chi connectivity index (χ1) is 13.4. The van der Waals surface area contributed by atoms with Crippen LogP contribution in [-0.4, -0.2) is 40.3 Å². The molecule has 0 radical (unpaired) electrons. The fourth-order valence-electron chi connectivity index (χ4n) is 3.36. The number of carbonyl (C=O) groups excluding carboxylic acids is 3. The molecule has 2 aromatic rings. The lowest BCUT2D eigenvalue weighted by atomic mass is 10.0. The van der Waals surface area contributed by atoms with Gasteiger partial charge in [0.1, 0.15) is 17.6 Å². The number of rotatable bonds is 4. The highest BCUT2D eigenvalue weighted by atomic mass is 19.1. The lowest BCUT2D eigenvalue weighted by Crippen LogP contribution is -2.33. The molecule has 1 aromatic heterocycles. The summed E-state index contributed by atoms with van der Waals surface area (Å²) in [4.78, 5) is 40.9. The minimum Gasteiger partial charge on any atom is -0.460 e. The van der Waals surface area contributed by atoms with Crippen LogP contribution >= 0.6 is 0 Å². The van der Waals surface area contributed by atoms with Gasteiger partial charge in [0.15, 0.2) is 0 Å². The third-order valence-corrected chi connectivity index (χ3v) is 4.54. The first-order valence-corrected chi connectivity index (χ1v) is 8.83. The van der Waals surface area contributed by atoms with Gasteiger partial charge in [-0.25, -0.2) is 4.39 Å². The van der Waals surface area contributed by atoms with Crippen LogP contribution in [0.15, 0.2) is 42.6 Å². The molecule has 7 nitrogen and oxygen atoms in total. The second kappa shape index (κ2) is 8.16. The van der Waals surface area contributed by atoms with Crippen LogP contribution in [0.1, 0.15) is 42.4 Å². The first-order valence-electron chi connectivity index (χ1n) is 8.83. The van der Waals surface area contributed by atoms with E-state index in [0.29, 0.717) is 13.0 Å². The maximum Gasteiger partial charge on any atom is 0.302 e. The summed E-state index contributed by atoms with van der Waals surface area (Å²) >= 11 is 0. The number of nitrogens with one attached hydrogen (secondary N) is 1. The van der Waals surface area contributed by atoms with Crippen LogP contribution in [0.4, 0.5) is 10.1 Å². The molecular formula is C20H20FN3O4. The summed E-state index contributed by atoms with van der Waals surface area (Å²) < 4.78 is 20.1. The standard InChI is InChI=1S/C20H20FN3O4/c1-12(25)24-10-8-18(28-13(2)26)19(24)15-7-6-14(11-16(15)21)23-20(27)17-5-3-4-9-22-17/h3-7,9,11,18-19H,8,10H2,1-2H3,(H,23,27). The lowest BCUT2D eigenvalue weighted by Gasteiger charge is -2.27. The van der Waals surface area contributed by atoms with Gasteiger partial charge < -0.3 is 15.0 Å². The van der Waals surface area contributed by atoms with Crippen molar-refractivity contribution in [3.8, 4) is 0 Å². The molecule has 0 aliphatic carbocycles. The maximum absolute atomic E-state index is 14.9. The third-order valence-electron chi connectivity index (χ3n) is 4.54. The number of likely N-dealkylation sites (tertiary alicyclic amines) is 1. The SMILES string of the molecule is CC(=O)OC1CCN(C(C)=O)C1c1ccc(NC(=O)c2ccccn2)cc1F. The predicted octanol–water partition coefficient (Wildman–Crippen LogP) is 2.70. The molecule has 1 saturated heterocycles. The zero-order chi connectivity index (χ0) is 20.3. The highest BCUT2D eigenvalue weighted by Crippen LogP contribution is 2.36. The Hall–Kier alpha value is -3.29. The van der Waals surface area contributed by atoms with Crippen molar-refractivity contribution in [3.05, 3.63) is 59.7 Å². The fraction of sp³-hybridized carbons (Fsp3) is 0.300. The van der Waals surface area contributed by atoms with Gasteiger partial charge in [-0.15, -0.1) is 0 Å². The molecule has 2 amide bonds. The molecule has 1 fully saturated rings. The number of hydrogen-bond donors (Lipinski definition) is 1. The normalized spacial score (nSPS) is 18.6. The van der Waals surface area contributed by atoms with Gasteiger partial charge in [-0.2, -0.15) is 0 Å². The van der Waals surface area contributed by atoms with Crippen molar-refractivity contribution in [1.82, 2.24) is 9.88 Å². The van der Waals surface area contributed by atoms with E-state index in [1.165, 1.54) is 37.1 Å². The smallest absolute Gasteiger partial charge is 0.302 e. The van der Waals surface area contributed by atoms with Crippen molar-refractivity contribution in [1.29, 1.82) is 0 Å². The van der Waals surface area contributed by atoms with E-state index in [-0.39, 0.29) is 22.9 Å². The van der Waals surface area contributed by atoms with Crippen molar-refractivity contribution in [2.75, 3.05) is 11.9 Å². The van der Waals surface area contributed by atoms with Crippen molar-refractivity contribution < 1.29 is 23.5 Å². The molecule has 3 rings (SSSR count). The van der Waals surface area contributed by atoms with Crippen LogP contribution in [0, 0.1) is 5.82 Å². The molecule has 2 atom stereocenters. The van der Waals surface area contributed by atoms with Crippen LogP contribution in [0.5, 0.6) is 0 Å². The molecule has 8 heteroatoms. The number of anilines is 1. The number of hydrogen-bond acceptors (Lipinski definition) is 5. The topological polar surface area (TPSA) is 88.6 Å². The Morgan fingerprint density at radius 1 is 1.21 bits per heavy atom. The van der Waals surface area contributed by atoms with Gasteiger partial charge in [-0.3, -0.25) is 19.4 Å². The predicted molar refractivity (Wildman–Crippen MR) is 98.9 cm³/mol. The number of amides is 2. The first kappa shape index (κ1) is 19.5. The van der Waals surface area contributed by atoms with Crippen molar-refractivity contribution in [2.45, 2.75) is 32.4 Å². The molecule has 0 bridgehead atoms. The molecule has 146 valence electrons. The van der Waals surface area contributed by atoms with Crippen LogP contribution in [-0.2, 0) is 14.3 Å². The average Bonchev–Trinajstić information content (AvgIpc) is 3.05. The van der Waals surface area contributed by atoms with E-state index >= 15 is 0 Å². The summed E-state index contributed by atoms with van der Waals surface area (Å²) in [5.74, 6) is -1.78. The van der Waals surface area contributed by atoms with Gasteiger partial charge in [0.05, 0.1) is 6.04 Å². The average molecular weight is 385 g/mol. The van der Waals surface area contributed by atoms with Crippen LogP contribution in [0.25, 0.3) is 0 Å².